The van der Waals surface area contributed by atoms with Crippen LogP contribution in [0.2, 0.25) is 0 Å². The molecule has 0 unspecified atom stereocenters. The number of hydrogen-bond acceptors (Lipinski definition) is 6. The number of anilines is 1. The van der Waals surface area contributed by atoms with Crippen molar-refractivity contribution in [2.75, 3.05) is 51.5 Å². The maximum absolute atomic E-state index is 11.9. The number of hydrogen-bond donors (Lipinski definition) is 1. The van der Waals surface area contributed by atoms with Gasteiger partial charge < -0.3 is 19.5 Å². The van der Waals surface area contributed by atoms with Crippen LogP contribution in [0.25, 0.3) is 0 Å². The second-order valence-electron chi connectivity index (χ2n) is 5.30. The fourth-order valence-corrected chi connectivity index (χ4v) is 1.85. The van der Waals surface area contributed by atoms with Gasteiger partial charge in [-0.25, -0.2) is 4.98 Å². The van der Waals surface area contributed by atoms with Gasteiger partial charge in [-0.1, -0.05) is 13.8 Å². The molecule has 1 aromatic rings. The summed E-state index contributed by atoms with van der Waals surface area (Å²) in [6, 6.07) is 3.52. The summed E-state index contributed by atoms with van der Waals surface area (Å²) in [6.45, 7) is 9.95. The van der Waals surface area contributed by atoms with Crippen molar-refractivity contribution in [1.29, 1.82) is 0 Å². The average molecular weight is 326 g/mol. The van der Waals surface area contributed by atoms with E-state index in [0.717, 1.165) is 0 Å². The molecule has 0 aromatic carbocycles. The van der Waals surface area contributed by atoms with Gasteiger partial charge in [0.15, 0.2) is 5.78 Å². The van der Waals surface area contributed by atoms with Gasteiger partial charge in [0.25, 0.3) is 0 Å². The highest BCUT2D eigenvalue weighted by Crippen LogP contribution is 2.11. The highest BCUT2D eigenvalue weighted by Gasteiger charge is 2.10. The van der Waals surface area contributed by atoms with Crippen molar-refractivity contribution in [2.24, 2.45) is 5.92 Å². The number of rotatable bonds is 13. The largest absolute Gasteiger partial charge is 0.379 e. The number of Topliss-reactive ketones (excluding diaryl/α,β-unsaturated/α-hetero) is 1. The molecule has 0 aliphatic carbocycles. The molecule has 23 heavy (non-hydrogen) atoms. The average Bonchev–Trinajstić information content (AvgIpc) is 2.56. The molecule has 0 aliphatic rings. The van der Waals surface area contributed by atoms with Gasteiger partial charge in [-0.15, -0.1) is 0 Å². The van der Waals surface area contributed by atoms with Crippen molar-refractivity contribution in [3.05, 3.63) is 23.9 Å². The summed E-state index contributed by atoms with van der Waals surface area (Å²) >= 11 is 0. The smallest absolute Gasteiger partial charge is 0.165 e. The summed E-state index contributed by atoms with van der Waals surface area (Å²) in [5.41, 5.74) is 0.682. The number of nitrogens with one attached hydrogen (secondary N) is 1. The monoisotopic (exact) mass is 326 g/mol. The molecule has 0 bridgehead atoms. The van der Waals surface area contributed by atoms with Gasteiger partial charge in [0.1, 0.15) is 5.82 Å². The normalized spacial score (nSPS) is 11.0. The van der Waals surface area contributed by atoms with Gasteiger partial charge in [-0.05, 0) is 19.1 Å². The zero-order valence-corrected chi connectivity index (χ0v) is 14.3. The van der Waals surface area contributed by atoms with E-state index in [-0.39, 0.29) is 13.1 Å². The Morgan fingerprint density at radius 2 is 1.83 bits per heavy atom. The van der Waals surface area contributed by atoms with Crippen LogP contribution in [-0.4, -0.2) is 57.0 Å². The summed E-state index contributed by atoms with van der Waals surface area (Å²) in [4.78, 5) is 16.1. The minimum Gasteiger partial charge on any atom is -0.379 e. The fraction of sp³-hybridized carbons (Fsp3) is 0.647. The summed E-state index contributed by atoms with van der Waals surface area (Å²) in [6.07, 6.45) is 1.64. The van der Waals surface area contributed by atoms with E-state index in [1.807, 2.05) is 20.8 Å². The van der Waals surface area contributed by atoms with E-state index in [1.54, 1.807) is 18.3 Å². The molecule has 0 spiro atoms. The Morgan fingerprint density at radius 1 is 1.17 bits per heavy atom. The molecule has 132 valence electrons. The highest BCUT2D eigenvalue weighted by atomic mass is 16.5. The summed E-state index contributed by atoms with van der Waals surface area (Å²) < 4.78 is 16.0. The number of carbonyl (C=O) groups is 1. The van der Waals surface area contributed by atoms with E-state index in [9.17, 15) is 4.79 Å². The van der Waals surface area contributed by atoms with Crippen LogP contribution in [0.1, 0.15) is 32.6 Å². The molecule has 6 nitrogen and oxygen atoms in total. The van der Waals surface area contributed by atoms with Crippen molar-refractivity contribution in [2.45, 2.75) is 20.8 Å². The quantitative estimate of drug-likeness (QED) is 0.444. The molecule has 1 N–H and O–H groups in total. The van der Waals surface area contributed by atoms with E-state index in [1.165, 1.54) is 0 Å². The first-order chi connectivity index (χ1) is 11.1. The predicted molar refractivity (Wildman–Crippen MR) is 92.1 cm³/mol. The third-order valence-electron chi connectivity index (χ3n) is 3.07. The van der Waals surface area contributed by atoms with Crippen LogP contribution in [0.4, 0.5) is 5.82 Å². The molecule has 0 amide bonds. The maximum atomic E-state index is 11.9. The van der Waals surface area contributed by atoms with Gasteiger partial charge in [-0.3, -0.25) is 4.79 Å². The van der Waals surface area contributed by atoms with Crippen molar-refractivity contribution in [3.8, 4) is 0 Å². The van der Waals surface area contributed by atoms with Crippen LogP contribution in [0, 0.1) is 5.92 Å². The lowest BCUT2D eigenvalue weighted by molar-refractivity contribution is 0.0189. The Bertz CT molecular complexity index is 458. The van der Waals surface area contributed by atoms with Crippen molar-refractivity contribution in [1.82, 2.24) is 4.98 Å². The number of pyridine rings is 1. The lowest BCUT2D eigenvalue weighted by Crippen LogP contribution is -2.15. The van der Waals surface area contributed by atoms with Crippen LogP contribution < -0.4 is 5.32 Å². The number of aromatic nitrogens is 1. The van der Waals surface area contributed by atoms with Gasteiger partial charge in [-0.2, -0.15) is 0 Å². The molecule has 0 saturated carbocycles. The molecule has 0 fully saturated rings. The Kier molecular flexibility index (Phi) is 10.2. The Morgan fingerprint density at radius 3 is 2.48 bits per heavy atom. The van der Waals surface area contributed by atoms with Crippen LogP contribution in [0.15, 0.2) is 18.3 Å². The molecule has 0 radical (unpaired) electrons. The first-order valence-corrected chi connectivity index (χ1v) is 8.12. The number of ether oxygens (including phenoxy) is 3. The minimum absolute atomic E-state index is 0. The van der Waals surface area contributed by atoms with Crippen LogP contribution in [-0.2, 0) is 14.2 Å². The zero-order valence-electron chi connectivity index (χ0n) is 14.3. The first-order valence-electron chi connectivity index (χ1n) is 8.12. The topological polar surface area (TPSA) is 69.7 Å². The number of ketones is 1. The van der Waals surface area contributed by atoms with Gasteiger partial charge >= 0.3 is 0 Å². The van der Waals surface area contributed by atoms with E-state index in [0.29, 0.717) is 57.6 Å². The molecule has 0 atom stereocenters. The standard InChI is InChI=1S/C17H28N2O4.H2/c1-4-21-9-10-23-12-11-22-8-7-19-16-13-15(5-6-18-16)17(20)14(2)3;/h5-6,13-14H,4,7-12H2,1-3H3,(H,18,19);1H. The zero-order chi connectivity index (χ0) is 16.9. The lowest BCUT2D eigenvalue weighted by Gasteiger charge is -2.09. The van der Waals surface area contributed by atoms with E-state index >= 15 is 0 Å². The maximum Gasteiger partial charge on any atom is 0.165 e. The minimum atomic E-state index is -0.0173. The summed E-state index contributed by atoms with van der Waals surface area (Å²) in [5, 5.41) is 3.15. The van der Waals surface area contributed by atoms with Gasteiger partial charge in [0, 0.05) is 32.3 Å². The molecule has 1 heterocycles. The van der Waals surface area contributed by atoms with Crippen molar-refractivity contribution >= 4 is 11.6 Å². The van der Waals surface area contributed by atoms with E-state index < -0.39 is 0 Å². The number of carbonyl (C=O) groups excluding carboxylic acids is 1. The first kappa shape index (κ1) is 19.5. The second-order valence-corrected chi connectivity index (χ2v) is 5.30. The van der Waals surface area contributed by atoms with Crippen molar-refractivity contribution in [3.63, 3.8) is 0 Å². The van der Waals surface area contributed by atoms with E-state index in [4.69, 9.17) is 14.2 Å². The highest BCUT2D eigenvalue weighted by molar-refractivity contribution is 5.97. The van der Waals surface area contributed by atoms with Crippen LogP contribution >= 0.6 is 0 Å². The Hall–Kier alpha value is -1.50. The van der Waals surface area contributed by atoms with E-state index in [2.05, 4.69) is 10.3 Å². The third-order valence-corrected chi connectivity index (χ3v) is 3.07. The lowest BCUT2D eigenvalue weighted by atomic mass is 10.0. The van der Waals surface area contributed by atoms with Gasteiger partial charge in [0.2, 0.25) is 0 Å². The van der Waals surface area contributed by atoms with Gasteiger partial charge in [0.05, 0.1) is 33.0 Å². The molecular formula is C17H30N2O4. The fourth-order valence-electron chi connectivity index (χ4n) is 1.85. The third kappa shape index (κ3) is 8.64. The van der Waals surface area contributed by atoms with Crippen LogP contribution in [0.5, 0.6) is 0 Å². The molecule has 0 aliphatic heterocycles. The molecule has 0 saturated heterocycles. The predicted octanol–water partition coefficient (Wildman–Crippen LogP) is 2.65. The molecule has 1 rings (SSSR count). The number of nitrogens with zero attached hydrogens (tertiary/aromatic N) is 1. The molecular weight excluding hydrogens is 296 g/mol. The Labute approximate surface area is 140 Å². The summed E-state index contributed by atoms with van der Waals surface area (Å²) in [7, 11) is 0. The van der Waals surface area contributed by atoms with Crippen molar-refractivity contribution < 1.29 is 20.4 Å². The second kappa shape index (κ2) is 12.0. The SMILES string of the molecule is CCOCCOCCOCCNc1cc(C(=O)C(C)C)ccn1.[HH]. The Balaban J connectivity index is 0.00000529. The van der Waals surface area contributed by atoms with Crippen LogP contribution in [0.3, 0.4) is 0 Å². The molecule has 6 heteroatoms. The molecule has 1 aromatic heterocycles. The summed E-state index contributed by atoms with van der Waals surface area (Å²) in [5.74, 6) is 0.792.